The Hall–Kier alpha value is -1.95. The molecule has 1 aromatic carbocycles. The van der Waals surface area contributed by atoms with E-state index in [1.807, 2.05) is 25.1 Å². The number of hydrogen-bond acceptors (Lipinski definition) is 3. The van der Waals surface area contributed by atoms with Gasteiger partial charge in [0.25, 0.3) is 0 Å². The summed E-state index contributed by atoms with van der Waals surface area (Å²) in [4.78, 5) is 23.5. The lowest BCUT2D eigenvalue weighted by molar-refractivity contribution is -0.119. The molecule has 0 aliphatic carbocycles. The molecule has 0 unspecified atom stereocenters. The first kappa shape index (κ1) is 21.1. The minimum atomic E-state index is -0.0689. The van der Waals surface area contributed by atoms with Crippen molar-refractivity contribution in [3.63, 3.8) is 0 Å². The van der Waals surface area contributed by atoms with Gasteiger partial charge in [-0.2, -0.15) is 0 Å². The summed E-state index contributed by atoms with van der Waals surface area (Å²) in [7, 11) is 0. The highest BCUT2D eigenvalue weighted by Gasteiger charge is 2.07. The number of anilines is 2. The minimum Gasteiger partial charge on any atom is -0.332 e. The molecule has 138 valence electrons. The van der Waals surface area contributed by atoms with E-state index >= 15 is 0 Å². The number of nitrogens with one attached hydrogen (secondary N) is 3. The summed E-state index contributed by atoms with van der Waals surface area (Å²) in [5, 5.41) is 8.81. The fraction of sp³-hybridized carbons (Fsp3) is 0.526. The van der Waals surface area contributed by atoms with Crippen LogP contribution in [0.3, 0.4) is 0 Å². The third kappa shape index (κ3) is 8.63. The van der Waals surface area contributed by atoms with Gasteiger partial charge >= 0.3 is 0 Å². The standard InChI is InChI=1S/C19H29N3O2S/c1-4-6-7-8-9-10-18(24)22-19(25)20-15-12-11-14(3)16(13-15)21-17(23)5-2/h11-13H,4-10H2,1-3H3,(H,21,23)(H2,20,22,24,25). The van der Waals surface area contributed by atoms with E-state index in [2.05, 4.69) is 22.9 Å². The van der Waals surface area contributed by atoms with E-state index in [0.717, 1.165) is 29.8 Å². The quantitative estimate of drug-likeness (QED) is 0.446. The van der Waals surface area contributed by atoms with Crippen molar-refractivity contribution in [3.8, 4) is 0 Å². The molecule has 1 aromatic rings. The molecule has 3 N–H and O–H groups in total. The predicted molar refractivity (Wildman–Crippen MR) is 108 cm³/mol. The van der Waals surface area contributed by atoms with Gasteiger partial charge in [-0.15, -0.1) is 0 Å². The highest BCUT2D eigenvalue weighted by atomic mass is 32.1. The molecule has 0 aromatic heterocycles. The van der Waals surface area contributed by atoms with Crippen molar-refractivity contribution in [2.75, 3.05) is 10.6 Å². The van der Waals surface area contributed by atoms with Crippen molar-refractivity contribution in [2.24, 2.45) is 0 Å². The zero-order valence-electron chi connectivity index (χ0n) is 15.4. The van der Waals surface area contributed by atoms with Gasteiger partial charge in [0.1, 0.15) is 0 Å². The summed E-state index contributed by atoms with van der Waals surface area (Å²) < 4.78 is 0. The first-order chi connectivity index (χ1) is 12.0. The van der Waals surface area contributed by atoms with Crippen molar-refractivity contribution in [1.82, 2.24) is 5.32 Å². The molecule has 0 atom stereocenters. The summed E-state index contributed by atoms with van der Waals surface area (Å²) in [6.07, 6.45) is 6.43. The number of thiocarbonyl (C=S) groups is 1. The lowest BCUT2D eigenvalue weighted by atomic mass is 10.1. The number of hydrogen-bond donors (Lipinski definition) is 3. The van der Waals surface area contributed by atoms with Crippen LogP contribution in [-0.2, 0) is 9.59 Å². The molecule has 25 heavy (non-hydrogen) atoms. The average Bonchev–Trinajstić information content (AvgIpc) is 2.57. The van der Waals surface area contributed by atoms with Gasteiger partial charge in [-0.1, -0.05) is 45.6 Å². The van der Waals surface area contributed by atoms with Crippen LogP contribution in [0.1, 0.15) is 64.4 Å². The van der Waals surface area contributed by atoms with Gasteiger partial charge < -0.3 is 16.0 Å². The number of carbonyl (C=O) groups excluding carboxylic acids is 2. The smallest absolute Gasteiger partial charge is 0.226 e. The maximum absolute atomic E-state index is 11.9. The van der Waals surface area contributed by atoms with E-state index in [-0.39, 0.29) is 16.9 Å². The third-order valence-electron chi connectivity index (χ3n) is 3.85. The monoisotopic (exact) mass is 363 g/mol. The maximum atomic E-state index is 11.9. The Bertz CT molecular complexity index is 602. The topological polar surface area (TPSA) is 70.2 Å². The zero-order chi connectivity index (χ0) is 18.7. The molecule has 0 fully saturated rings. The molecule has 0 aliphatic heterocycles. The number of amides is 2. The highest BCUT2D eigenvalue weighted by Crippen LogP contribution is 2.20. The zero-order valence-corrected chi connectivity index (χ0v) is 16.2. The van der Waals surface area contributed by atoms with E-state index in [0.29, 0.717) is 12.8 Å². The molecule has 0 saturated carbocycles. The van der Waals surface area contributed by atoms with Crippen LogP contribution in [0.5, 0.6) is 0 Å². The summed E-state index contributed by atoms with van der Waals surface area (Å²) in [5.41, 5.74) is 2.43. The number of unbranched alkanes of at least 4 members (excludes halogenated alkanes) is 4. The Kier molecular flexibility index (Phi) is 9.77. The summed E-state index contributed by atoms with van der Waals surface area (Å²) >= 11 is 5.19. The van der Waals surface area contributed by atoms with E-state index in [1.165, 1.54) is 19.3 Å². The second kappa shape index (κ2) is 11.6. The SMILES string of the molecule is CCCCCCCC(=O)NC(=S)Nc1ccc(C)c(NC(=O)CC)c1. The molecule has 0 spiro atoms. The second-order valence-electron chi connectivity index (χ2n) is 6.10. The van der Waals surface area contributed by atoms with Crippen LogP contribution in [0.2, 0.25) is 0 Å². The van der Waals surface area contributed by atoms with Gasteiger partial charge in [-0.25, -0.2) is 0 Å². The molecule has 6 heteroatoms. The van der Waals surface area contributed by atoms with Crippen molar-refractivity contribution in [3.05, 3.63) is 23.8 Å². The fourth-order valence-corrected chi connectivity index (χ4v) is 2.55. The Morgan fingerprint density at radius 2 is 1.72 bits per heavy atom. The first-order valence-electron chi connectivity index (χ1n) is 8.97. The van der Waals surface area contributed by atoms with Crippen molar-refractivity contribution in [2.45, 2.75) is 65.7 Å². The van der Waals surface area contributed by atoms with Crippen LogP contribution in [0.4, 0.5) is 11.4 Å². The number of aryl methyl sites for hydroxylation is 1. The van der Waals surface area contributed by atoms with Crippen LogP contribution >= 0.6 is 12.2 Å². The van der Waals surface area contributed by atoms with E-state index in [9.17, 15) is 9.59 Å². The molecule has 0 radical (unpaired) electrons. The first-order valence-corrected chi connectivity index (χ1v) is 9.38. The van der Waals surface area contributed by atoms with Crippen molar-refractivity contribution in [1.29, 1.82) is 0 Å². The lowest BCUT2D eigenvalue weighted by Gasteiger charge is -2.13. The van der Waals surface area contributed by atoms with Gasteiger partial charge in [0, 0.05) is 24.2 Å². The van der Waals surface area contributed by atoms with Crippen LogP contribution in [0, 0.1) is 6.92 Å². The van der Waals surface area contributed by atoms with Crippen LogP contribution in [0.15, 0.2) is 18.2 Å². The summed E-state index contributed by atoms with van der Waals surface area (Å²) in [6.45, 7) is 5.90. The summed E-state index contributed by atoms with van der Waals surface area (Å²) in [5.74, 6) is -0.111. The largest absolute Gasteiger partial charge is 0.332 e. The van der Waals surface area contributed by atoms with Gasteiger partial charge in [-0.3, -0.25) is 9.59 Å². The molecule has 0 aliphatic rings. The average molecular weight is 364 g/mol. The molecule has 5 nitrogen and oxygen atoms in total. The lowest BCUT2D eigenvalue weighted by Crippen LogP contribution is -2.33. The molecule has 0 bridgehead atoms. The highest BCUT2D eigenvalue weighted by molar-refractivity contribution is 7.80. The van der Waals surface area contributed by atoms with Gasteiger partial charge in [0.15, 0.2) is 5.11 Å². The molecule has 0 heterocycles. The minimum absolute atomic E-state index is 0.0424. The Morgan fingerprint density at radius 3 is 2.40 bits per heavy atom. The molecular formula is C19H29N3O2S. The van der Waals surface area contributed by atoms with Crippen LogP contribution < -0.4 is 16.0 Å². The van der Waals surface area contributed by atoms with Gasteiger partial charge in [0.2, 0.25) is 11.8 Å². The number of benzene rings is 1. The Morgan fingerprint density at radius 1 is 1.00 bits per heavy atom. The normalized spacial score (nSPS) is 10.2. The van der Waals surface area contributed by atoms with Crippen LogP contribution in [0.25, 0.3) is 0 Å². The molecular weight excluding hydrogens is 334 g/mol. The fourth-order valence-electron chi connectivity index (χ4n) is 2.31. The maximum Gasteiger partial charge on any atom is 0.226 e. The number of carbonyl (C=O) groups is 2. The summed E-state index contributed by atoms with van der Waals surface area (Å²) in [6, 6.07) is 5.57. The van der Waals surface area contributed by atoms with Crippen LogP contribution in [-0.4, -0.2) is 16.9 Å². The molecule has 2 amide bonds. The van der Waals surface area contributed by atoms with Crippen molar-refractivity contribution < 1.29 is 9.59 Å². The second-order valence-corrected chi connectivity index (χ2v) is 6.51. The molecule has 0 saturated heterocycles. The van der Waals surface area contributed by atoms with E-state index < -0.39 is 0 Å². The number of rotatable bonds is 9. The van der Waals surface area contributed by atoms with E-state index in [4.69, 9.17) is 12.2 Å². The Labute approximate surface area is 156 Å². The third-order valence-corrected chi connectivity index (χ3v) is 4.06. The van der Waals surface area contributed by atoms with E-state index in [1.54, 1.807) is 6.92 Å². The van der Waals surface area contributed by atoms with Crippen molar-refractivity contribution >= 4 is 40.5 Å². The van der Waals surface area contributed by atoms with Gasteiger partial charge in [-0.05, 0) is 43.3 Å². The van der Waals surface area contributed by atoms with Gasteiger partial charge in [0.05, 0.1) is 0 Å². The molecule has 1 rings (SSSR count). The Balaban J connectivity index is 2.47. The predicted octanol–water partition coefficient (Wildman–Crippen LogP) is 4.52.